The number of hydrogen-bond donors (Lipinski definition) is 2. The molecule has 0 saturated heterocycles. The van der Waals surface area contributed by atoms with Crippen LogP contribution in [-0.4, -0.2) is 47.1 Å². The molecule has 0 aliphatic heterocycles. The van der Waals surface area contributed by atoms with Crippen LogP contribution in [0.4, 0.5) is 5.69 Å². The van der Waals surface area contributed by atoms with Crippen LogP contribution in [0.5, 0.6) is 11.5 Å². The Hall–Kier alpha value is -5.95. The molecule has 0 aliphatic carbocycles. The van der Waals surface area contributed by atoms with Gasteiger partial charge in [0.1, 0.15) is 29.6 Å². The second-order valence-corrected chi connectivity index (χ2v) is 12.5. The van der Waals surface area contributed by atoms with E-state index in [1.54, 1.807) is 75.0 Å². The fraction of sp³-hybridized carbons (Fsp3) is 0.143. The lowest BCUT2D eigenvalue weighted by Crippen LogP contribution is -2.35. The molecule has 13 heteroatoms. The van der Waals surface area contributed by atoms with Gasteiger partial charge in [0.2, 0.25) is 5.91 Å². The molecule has 2 N–H and O–H groups in total. The second kappa shape index (κ2) is 13.8. The largest absolute Gasteiger partial charge is 0.497 e. The Kier molecular flexibility index (Phi) is 9.21. The van der Waals surface area contributed by atoms with Gasteiger partial charge < -0.3 is 20.1 Å². The quantitative estimate of drug-likeness (QED) is 0.194. The van der Waals surface area contributed by atoms with E-state index >= 15 is 0 Å². The van der Waals surface area contributed by atoms with Crippen molar-refractivity contribution in [3.8, 4) is 22.9 Å². The lowest BCUT2D eigenvalue weighted by atomic mass is 10.2. The van der Waals surface area contributed by atoms with E-state index in [2.05, 4.69) is 20.6 Å². The van der Waals surface area contributed by atoms with E-state index in [0.717, 1.165) is 5.56 Å². The van der Waals surface area contributed by atoms with Gasteiger partial charge in [0.15, 0.2) is 0 Å². The Morgan fingerprint density at radius 1 is 0.875 bits per heavy atom. The highest BCUT2D eigenvalue weighted by molar-refractivity contribution is 7.90. The molecule has 12 nitrogen and oxygen atoms in total. The van der Waals surface area contributed by atoms with Gasteiger partial charge in [-0.2, -0.15) is 0 Å². The summed E-state index contributed by atoms with van der Waals surface area (Å²) in [5.74, 6) is 0.998. The maximum absolute atomic E-state index is 13.8. The minimum atomic E-state index is -4.00. The molecule has 0 bridgehead atoms. The van der Waals surface area contributed by atoms with Gasteiger partial charge in [-0.05, 0) is 36.4 Å². The normalized spacial score (nSPS) is 11.3. The highest BCUT2D eigenvalue weighted by atomic mass is 32.2. The van der Waals surface area contributed by atoms with E-state index in [4.69, 9.17) is 9.47 Å². The van der Waals surface area contributed by atoms with Crippen LogP contribution in [0.15, 0.2) is 119 Å². The zero-order valence-electron chi connectivity index (χ0n) is 26.2. The molecule has 0 fully saturated rings. The predicted octanol–water partition coefficient (Wildman–Crippen LogP) is 4.44. The van der Waals surface area contributed by atoms with Crippen molar-refractivity contribution in [2.24, 2.45) is 0 Å². The number of fused-ring (bicyclic) bond motifs is 1. The van der Waals surface area contributed by atoms with E-state index < -0.39 is 21.5 Å². The molecule has 244 valence electrons. The number of ether oxygens (including phenoxy) is 2. The number of hydrogen-bond acceptors (Lipinski definition) is 9. The van der Waals surface area contributed by atoms with Crippen LogP contribution < -0.4 is 25.7 Å². The lowest BCUT2D eigenvalue weighted by molar-refractivity contribution is -0.121. The van der Waals surface area contributed by atoms with Crippen LogP contribution in [0.3, 0.4) is 0 Å². The van der Waals surface area contributed by atoms with Crippen molar-refractivity contribution < 1.29 is 22.7 Å². The van der Waals surface area contributed by atoms with Crippen LogP contribution in [0.25, 0.3) is 22.3 Å². The first-order valence-corrected chi connectivity index (χ1v) is 16.4. The molecule has 0 spiro atoms. The highest BCUT2D eigenvalue weighted by Crippen LogP contribution is 2.27. The Bertz CT molecular complexity index is 2250. The summed E-state index contributed by atoms with van der Waals surface area (Å²) in [7, 11) is -0.891. The third kappa shape index (κ3) is 6.48. The number of nitrogens with one attached hydrogen (secondary N) is 2. The summed E-state index contributed by atoms with van der Waals surface area (Å²) in [5, 5.41) is 6.52. The van der Waals surface area contributed by atoms with Crippen LogP contribution in [-0.2, 0) is 34.5 Å². The first-order chi connectivity index (χ1) is 23.3. The number of carbonyl (C=O) groups is 1. The van der Waals surface area contributed by atoms with Gasteiger partial charge >= 0.3 is 0 Å². The minimum Gasteiger partial charge on any atom is -0.497 e. The van der Waals surface area contributed by atoms with Gasteiger partial charge in [-0.1, -0.05) is 48.5 Å². The van der Waals surface area contributed by atoms with E-state index in [1.165, 1.54) is 33.1 Å². The first kappa shape index (κ1) is 32.0. The zero-order chi connectivity index (χ0) is 33.7. The molecule has 0 unspecified atom stereocenters. The molecular weight excluding hydrogens is 632 g/mol. The lowest BCUT2D eigenvalue weighted by Gasteiger charge is -2.16. The van der Waals surface area contributed by atoms with E-state index in [9.17, 15) is 18.0 Å². The third-order valence-electron chi connectivity index (χ3n) is 7.72. The Balaban J connectivity index is 1.28. The first-order valence-electron chi connectivity index (χ1n) is 14.9. The number of methoxy groups -OCH3 is 2. The second-order valence-electron chi connectivity index (χ2n) is 10.7. The summed E-state index contributed by atoms with van der Waals surface area (Å²) in [5.41, 5.74) is 1.91. The summed E-state index contributed by atoms with van der Waals surface area (Å²) in [6, 6.07) is 25.8. The number of carbonyl (C=O) groups excluding carboxylic acids is 1. The monoisotopic (exact) mass is 664 g/mol. The Morgan fingerprint density at radius 3 is 2.35 bits per heavy atom. The van der Waals surface area contributed by atoms with Crippen molar-refractivity contribution in [3.05, 3.63) is 131 Å². The minimum absolute atomic E-state index is 0.105. The fourth-order valence-electron chi connectivity index (χ4n) is 5.35. The molecule has 0 atom stereocenters. The molecule has 48 heavy (non-hydrogen) atoms. The number of anilines is 1. The fourth-order valence-corrected chi connectivity index (χ4v) is 6.91. The SMILES string of the molecule is COc1ccc(CNc2cnc(-c3ccccc3)n(CC(=O)NCc3cc4cnccc4n3S(=O)(=O)c3ccccc3)c2=O)c(OC)c1. The Morgan fingerprint density at radius 2 is 1.62 bits per heavy atom. The van der Waals surface area contributed by atoms with Gasteiger partial charge in [-0.25, -0.2) is 17.4 Å². The number of aromatic nitrogens is 4. The molecular formula is C35H32N6O6S. The molecule has 3 aromatic heterocycles. The van der Waals surface area contributed by atoms with E-state index in [0.29, 0.717) is 39.5 Å². The summed E-state index contributed by atoms with van der Waals surface area (Å²) >= 11 is 0. The zero-order valence-corrected chi connectivity index (χ0v) is 27.0. The van der Waals surface area contributed by atoms with Gasteiger partial charge in [0.05, 0.1) is 43.1 Å². The van der Waals surface area contributed by atoms with Crippen molar-refractivity contribution in [2.45, 2.75) is 24.5 Å². The maximum atomic E-state index is 13.8. The molecule has 1 amide bonds. The summed E-state index contributed by atoms with van der Waals surface area (Å²) in [6.07, 6.45) is 4.52. The van der Waals surface area contributed by atoms with E-state index in [1.807, 2.05) is 24.3 Å². The number of rotatable bonds is 12. The summed E-state index contributed by atoms with van der Waals surface area (Å²) in [4.78, 5) is 36.1. The number of benzene rings is 3. The smallest absolute Gasteiger partial charge is 0.277 e. The molecule has 0 aliphatic rings. The van der Waals surface area contributed by atoms with Crippen LogP contribution in [0.1, 0.15) is 11.3 Å². The van der Waals surface area contributed by atoms with Gasteiger partial charge in [-0.3, -0.25) is 19.1 Å². The molecule has 6 aromatic rings. The average molecular weight is 665 g/mol. The van der Waals surface area contributed by atoms with Gasteiger partial charge in [-0.15, -0.1) is 0 Å². The molecule has 0 saturated carbocycles. The number of nitrogens with zero attached hydrogens (tertiary/aromatic N) is 4. The van der Waals surface area contributed by atoms with Crippen LogP contribution >= 0.6 is 0 Å². The highest BCUT2D eigenvalue weighted by Gasteiger charge is 2.24. The van der Waals surface area contributed by atoms with E-state index in [-0.39, 0.29) is 30.2 Å². The van der Waals surface area contributed by atoms with Crippen molar-refractivity contribution in [1.29, 1.82) is 0 Å². The average Bonchev–Trinajstić information content (AvgIpc) is 3.51. The van der Waals surface area contributed by atoms with Crippen molar-refractivity contribution in [2.75, 3.05) is 19.5 Å². The maximum Gasteiger partial charge on any atom is 0.277 e. The van der Waals surface area contributed by atoms with Gasteiger partial charge in [0, 0.05) is 41.5 Å². The standard InChI is InChI=1S/C35H32N6O6S/c1-46-28-14-13-25(32(18-28)47-2)20-37-30-22-39-34(24-9-5-3-6-10-24)40(35(30)43)23-33(42)38-21-27-17-26-19-36-16-15-31(26)41(27)48(44,45)29-11-7-4-8-12-29/h3-19,22,37H,20-21,23H2,1-2H3,(H,38,42). The number of amides is 1. The van der Waals surface area contributed by atoms with Crippen molar-refractivity contribution >= 4 is 32.5 Å². The van der Waals surface area contributed by atoms with Crippen LogP contribution in [0.2, 0.25) is 0 Å². The van der Waals surface area contributed by atoms with Gasteiger partial charge in [0.25, 0.3) is 15.6 Å². The van der Waals surface area contributed by atoms with Crippen molar-refractivity contribution in [1.82, 2.24) is 23.8 Å². The third-order valence-corrected chi connectivity index (χ3v) is 9.50. The molecule has 0 radical (unpaired) electrons. The summed E-state index contributed by atoms with van der Waals surface area (Å²) < 4.78 is 40.7. The molecule has 3 aromatic carbocycles. The Labute approximate surface area is 276 Å². The molecule has 6 rings (SSSR count). The predicted molar refractivity (Wildman–Crippen MR) is 181 cm³/mol. The summed E-state index contributed by atoms with van der Waals surface area (Å²) in [6.45, 7) is -0.251. The van der Waals surface area contributed by atoms with Crippen LogP contribution in [0, 0.1) is 0 Å². The topological polar surface area (TPSA) is 146 Å². The van der Waals surface area contributed by atoms with Crippen molar-refractivity contribution in [3.63, 3.8) is 0 Å². The number of pyridine rings is 1. The molecule has 3 heterocycles.